The number of aromatic amines is 1. The number of fused-ring (bicyclic) bond motifs is 1. The van der Waals surface area contributed by atoms with E-state index >= 15 is 0 Å². The van der Waals surface area contributed by atoms with Crippen molar-refractivity contribution in [2.75, 3.05) is 19.7 Å². The van der Waals surface area contributed by atoms with Gasteiger partial charge in [0.25, 0.3) is 0 Å². The van der Waals surface area contributed by atoms with Gasteiger partial charge >= 0.3 is 0 Å². The number of nitrogens with zero attached hydrogens (tertiary/aromatic N) is 1. The first-order valence-electron chi connectivity index (χ1n) is 6.12. The van der Waals surface area contributed by atoms with Crippen LogP contribution in [0.3, 0.4) is 0 Å². The quantitative estimate of drug-likeness (QED) is 0.847. The molecule has 1 saturated heterocycles. The summed E-state index contributed by atoms with van der Waals surface area (Å²) in [7, 11) is 0. The summed E-state index contributed by atoms with van der Waals surface area (Å²) in [5, 5.41) is 3.35. The van der Waals surface area contributed by atoms with E-state index in [4.69, 9.17) is 4.74 Å². The molecule has 1 aromatic heterocycles. The number of aromatic nitrogens is 2. The number of hydrogen-bond acceptors (Lipinski definition) is 3. The minimum Gasteiger partial charge on any atom is -0.491 e. The summed E-state index contributed by atoms with van der Waals surface area (Å²) in [6.07, 6.45) is 1.20. The summed E-state index contributed by atoms with van der Waals surface area (Å²) in [5.74, 6) is 2.45. The van der Waals surface area contributed by atoms with E-state index in [0.29, 0.717) is 5.92 Å². The molecule has 0 spiro atoms. The van der Waals surface area contributed by atoms with Crippen LogP contribution in [-0.2, 0) is 0 Å². The van der Waals surface area contributed by atoms with Crippen LogP contribution in [0.5, 0.6) is 5.75 Å². The Bertz CT molecular complexity index is 514. The second-order valence-corrected chi connectivity index (χ2v) is 4.64. The van der Waals surface area contributed by atoms with Crippen LogP contribution in [0.4, 0.5) is 0 Å². The Morgan fingerprint density at radius 1 is 1.47 bits per heavy atom. The van der Waals surface area contributed by atoms with Gasteiger partial charge in [0.15, 0.2) is 0 Å². The molecule has 90 valence electrons. The van der Waals surface area contributed by atoms with Crippen molar-refractivity contribution < 1.29 is 4.74 Å². The fourth-order valence-corrected chi connectivity index (χ4v) is 2.31. The van der Waals surface area contributed by atoms with Crippen LogP contribution in [0.2, 0.25) is 0 Å². The van der Waals surface area contributed by atoms with E-state index in [9.17, 15) is 0 Å². The molecule has 3 rings (SSSR count). The highest BCUT2D eigenvalue weighted by Crippen LogP contribution is 2.24. The summed E-state index contributed by atoms with van der Waals surface area (Å²) in [6.45, 7) is 4.91. The lowest BCUT2D eigenvalue weighted by Crippen LogP contribution is -2.15. The fourth-order valence-electron chi connectivity index (χ4n) is 2.31. The Balaban J connectivity index is 1.79. The van der Waals surface area contributed by atoms with Gasteiger partial charge in [0.05, 0.1) is 12.1 Å². The predicted molar refractivity (Wildman–Crippen MR) is 67.3 cm³/mol. The molecule has 2 heterocycles. The first-order valence-corrected chi connectivity index (χ1v) is 6.12. The van der Waals surface area contributed by atoms with Crippen molar-refractivity contribution in [2.24, 2.45) is 5.92 Å². The molecule has 1 aromatic carbocycles. The molecule has 17 heavy (non-hydrogen) atoms. The van der Waals surface area contributed by atoms with Crippen LogP contribution >= 0.6 is 0 Å². The highest BCUT2D eigenvalue weighted by Gasteiger charge is 2.15. The van der Waals surface area contributed by atoms with E-state index in [1.165, 1.54) is 6.42 Å². The lowest BCUT2D eigenvalue weighted by Gasteiger charge is -2.10. The Labute approximate surface area is 100 Å². The van der Waals surface area contributed by atoms with Gasteiger partial charge in [0.1, 0.15) is 17.1 Å². The largest absolute Gasteiger partial charge is 0.491 e. The summed E-state index contributed by atoms with van der Waals surface area (Å²) in [6, 6.07) is 6.02. The molecule has 2 aromatic rings. The first-order chi connectivity index (χ1) is 8.33. The number of para-hydroxylation sites is 1. The number of aryl methyl sites for hydroxylation is 1. The van der Waals surface area contributed by atoms with Gasteiger partial charge in [-0.05, 0) is 32.0 Å². The van der Waals surface area contributed by atoms with E-state index < -0.39 is 0 Å². The molecule has 4 heteroatoms. The van der Waals surface area contributed by atoms with Gasteiger partial charge in [0, 0.05) is 12.5 Å². The van der Waals surface area contributed by atoms with Gasteiger partial charge in [-0.1, -0.05) is 6.07 Å². The molecule has 0 amide bonds. The highest BCUT2D eigenvalue weighted by molar-refractivity contribution is 5.81. The average Bonchev–Trinajstić information content (AvgIpc) is 2.93. The average molecular weight is 231 g/mol. The standard InChI is InChI=1S/C13H17N3O/c1-9-15-11-3-2-4-12(13(11)16-9)17-8-10-5-6-14-7-10/h2-4,10,14H,5-8H2,1H3,(H,15,16). The Morgan fingerprint density at radius 2 is 2.41 bits per heavy atom. The van der Waals surface area contributed by atoms with Crippen molar-refractivity contribution in [3.05, 3.63) is 24.0 Å². The van der Waals surface area contributed by atoms with Gasteiger partial charge in [-0.25, -0.2) is 4.98 Å². The van der Waals surface area contributed by atoms with Gasteiger partial charge in [-0.3, -0.25) is 0 Å². The Kier molecular flexibility index (Phi) is 2.73. The first kappa shape index (κ1) is 10.6. The van der Waals surface area contributed by atoms with Crippen LogP contribution in [-0.4, -0.2) is 29.7 Å². The molecule has 0 aliphatic carbocycles. The maximum Gasteiger partial charge on any atom is 0.147 e. The molecule has 1 aliphatic rings. The van der Waals surface area contributed by atoms with Gasteiger partial charge < -0.3 is 15.0 Å². The third-order valence-electron chi connectivity index (χ3n) is 3.23. The summed E-state index contributed by atoms with van der Waals surface area (Å²) in [5.41, 5.74) is 1.99. The fraction of sp³-hybridized carbons (Fsp3) is 0.462. The molecular formula is C13H17N3O. The zero-order valence-corrected chi connectivity index (χ0v) is 9.99. The van der Waals surface area contributed by atoms with Crippen molar-refractivity contribution in [1.82, 2.24) is 15.3 Å². The molecule has 4 nitrogen and oxygen atoms in total. The van der Waals surface area contributed by atoms with Crippen molar-refractivity contribution in [2.45, 2.75) is 13.3 Å². The minimum atomic E-state index is 0.630. The minimum absolute atomic E-state index is 0.630. The number of H-pyrrole nitrogens is 1. The number of nitrogens with one attached hydrogen (secondary N) is 2. The molecule has 1 aliphatic heterocycles. The molecule has 0 radical (unpaired) electrons. The van der Waals surface area contributed by atoms with E-state index in [1.54, 1.807) is 0 Å². The van der Waals surface area contributed by atoms with Crippen LogP contribution in [0, 0.1) is 12.8 Å². The topological polar surface area (TPSA) is 49.9 Å². The third kappa shape index (κ3) is 2.13. The van der Waals surface area contributed by atoms with Crippen LogP contribution < -0.4 is 10.1 Å². The second-order valence-electron chi connectivity index (χ2n) is 4.64. The maximum atomic E-state index is 5.89. The lowest BCUT2D eigenvalue weighted by atomic mass is 10.1. The molecular weight excluding hydrogens is 214 g/mol. The summed E-state index contributed by atoms with van der Waals surface area (Å²) in [4.78, 5) is 7.69. The van der Waals surface area contributed by atoms with Crippen LogP contribution in [0.15, 0.2) is 18.2 Å². The molecule has 1 fully saturated rings. The van der Waals surface area contributed by atoms with E-state index in [1.807, 2.05) is 25.1 Å². The zero-order chi connectivity index (χ0) is 11.7. The number of imidazole rings is 1. The smallest absolute Gasteiger partial charge is 0.147 e. The predicted octanol–water partition coefficient (Wildman–Crippen LogP) is 1.86. The van der Waals surface area contributed by atoms with Gasteiger partial charge in [-0.15, -0.1) is 0 Å². The Morgan fingerprint density at radius 3 is 3.24 bits per heavy atom. The zero-order valence-electron chi connectivity index (χ0n) is 9.99. The number of ether oxygens (including phenoxy) is 1. The maximum absolute atomic E-state index is 5.89. The number of rotatable bonds is 3. The van der Waals surface area contributed by atoms with E-state index in [2.05, 4.69) is 15.3 Å². The summed E-state index contributed by atoms with van der Waals surface area (Å²) < 4.78 is 5.89. The van der Waals surface area contributed by atoms with Gasteiger partial charge in [-0.2, -0.15) is 0 Å². The van der Waals surface area contributed by atoms with Crippen molar-refractivity contribution in [3.63, 3.8) is 0 Å². The number of hydrogen-bond donors (Lipinski definition) is 2. The summed E-state index contributed by atoms with van der Waals surface area (Å²) >= 11 is 0. The van der Waals surface area contributed by atoms with Gasteiger partial charge in [0.2, 0.25) is 0 Å². The molecule has 0 bridgehead atoms. The monoisotopic (exact) mass is 231 g/mol. The van der Waals surface area contributed by atoms with E-state index in [-0.39, 0.29) is 0 Å². The normalized spacial score (nSPS) is 19.9. The molecule has 0 saturated carbocycles. The van der Waals surface area contributed by atoms with Crippen molar-refractivity contribution in [3.8, 4) is 5.75 Å². The molecule has 1 atom stereocenters. The van der Waals surface area contributed by atoms with Crippen LogP contribution in [0.25, 0.3) is 11.0 Å². The number of benzene rings is 1. The van der Waals surface area contributed by atoms with E-state index in [0.717, 1.165) is 42.3 Å². The third-order valence-corrected chi connectivity index (χ3v) is 3.23. The molecule has 2 N–H and O–H groups in total. The molecule has 1 unspecified atom stereocenters. The highest BCUT2D eigenvalue weighted by atomic mass is 16.5. The lowest BCUT2D eigenvalue weighted by molar-refractivity contribution is 0.262. The second kappa shape index (κ2) is 4.37. The SMILES string of the molecule is Cc1nc2c(OCC3CCNC3)cccc2[nH]1. The van der Waals surface area contributed by atoms with Crippen molar-refractivity contribution in [1.29, 1.82) is 0 Å². The Hall–Kier alpha value is -1.55. The van der Waals surface area contributed by atoms with Crippen LogP contribution in [0.1, 0.15) is 12.2 Å². The van der Waals surface area contributed by atoms with Crippen molar-refractivity contribution >= 4 is 11.0 Å².